The molecule has 0 fully saturated rings. The van der Waals surface area contributed by atoms with Crippen molar-refractivity contribution in [2.75, 3.05) is 0 Å². The highest BCUT2D eigenvalue weighted by Gasteiger charge is 2.34. The molecule has 6 nitrogen and oxygen atoms in total. The summed E-state index contributed by atoms with van der Waals surface area (Å²) in [4.78, 5) is 35.0. The van der Waals surface area contributed by atoms with Crippen LogP contribution in [0.5, 0.6) is 0 Å². The van der Waals surface area contributed by atoms with Crippen LogP contribution in [0.1, 0.15) is 37.0 Å². The quantitative estimate of drug-likeness (QED) is 0.823. The largest absolute Gasteiger partial charge is 0.480 e. The second-order valence-corrected chi connectivity index (χ2v) is 4.68. The molecule has 1 heterocycles. The standard InChI is InChI=1S/C13H18N2O4/c1-4-7-13(2,12(18)19)14-10(16)9-6-5-8-15(3)11(9)17/h5-6,8H,4,7H2,1-3H3,(H,14,16)(H,18,19). The molecule has 1 atom stereocenters. The fraction of sp³-hybridized carbons (Fsp3) is 0.462. The monoisotopic (exact) mass is 266 g/mol. The third kappa shape index (κ3) is 3.21. The summed E-state index contributed by atoms with van der Waals surface area (Å²) in [5.41, 5.74) is -1.88. The minimum atomic E-state index is -1.37. The van der Waals surface area contributed by atoms with Gasteiger partial charge in [0.05, 0.1) is 0 Å². The van der Waals surface area contributed by atoms with Crippen molar-refractivity contribution in [3.05, 3.63) is 34.2 Å². The fourth-order valence-electron chi connectivity index (χ4n) is 1.81. The van der Waals surface area contributed by atoms with Gasteiger partial charge in [-0.15, -0.1) is 0 Å². The molecule has 0 saturated heterocycles. The maximum atomic E-state index is 12.0. The fourth-order valence-corrected chi connectivity index (χ4v) is 1.81. The molecule has 0 spiro atoms. The van der Waals surface area contributed by atoms with Crippen LogP contribution in [0.3, 0.4) is 0 Å². The number of aryl methyl sites for hydroxylation is 1. The van der Waals surface area contributed by atoms with E-state index in [4.69, 9.17) is 0 Å². The molecule has 0 aliphatic rings. The number of carbonyl (C=O) groups is 2. The van der Waals surface area contributed by atoms with E-state index in [0.717, 1.165) is 0 Å². The summed E-state index contributed by atoms with van der Waals surface area (Å²) in [6.45, 7) is 3.26. The Balaban J connectivity index is 3.05. The van der Waals surface area contributed by atoms with E-state index in [0.29, 0.717) is 12.8 Å². The Hall–Kier alpha value is -2.11. The van der Waals surface area contributed by atoms with Gasteiger partial charge in [0.25, 0.3) is 11.5 Å². The molecular formula is C13H18N2O4. The summed E-state index contributed by atoms with van der Waals surface area (Å²) < 4.78 is 1.27. The highest BCUT2D eigenvalue weighted by atomic mass is 16.4. The third-order valence-corrected chi connectivity index (χ3v) is 2.98. The molecule has 1 aromatic heterocycles. The lowest BCUT2D eigenvalue weighted by Gasteiger charge is -2.25. The average Bonchev–Trinajstić information content (AvgIpc) is 2.32. The summed E-state index contributed by atoms with van der Waals surface area (Å²) in [6.07, 6.45) is 2.43. The number of nitrogens with zero attached hydrogens (tertiary/aromatic N) is 1. The van der Waals surface area contributed by atoms with Crippen LogP contribution < -0.4 is 10.9 Å². The van der Waals surface area contributed by atoms with Crippen molar-refractivity contribution in [3.63, 3.8) is 0 Å². The first-order chi connectivity index (χ1) is 8.81. The van der Waals surface area contributed by atoms with E-state index in [1.807, 2.05) is 6.92 Å². The number of carboxylic acids is 1. The van der Waals surface area contributed by atoms with Gasteiger partial charge in [0.1, 0.15) is 11.1 Å². The lowest BCUT2D eigenvalue weighted by molar-refractivity contribution is -0.144. The summed E-state index contributed by atoms with van der Waals surface area (Å²) in [5.74, 6) is -1.78. The topological polar surface area (TPSA) is 88.4 Å². The summed E-state index contributed by atoms with van der Waals surface area (Å²) >= 11 is 0. The second-order valence-electron chi connectivity index (χ2n) is 4.68. The number of carbonyl (C=O) groups excluding carboxylic acids is 1. The first-order valence-corrected chi connectivity index (χ1v) is 6.03. The van der Waals surface area contributed by atoms with Crippen LogP contribution in [0.25, 0.3) is 0 Å². The zero-order valence-electron chi connectivity index (χ0n) is 11.3. The minimum Gasteiger partial charge on any atom is -0.480 e. The van der Waals surface area contributed by atoms with Crippen molar-refractivity contribution in [1.82, 2.24) is 9.88 Å². The number of aliphatic carboxylic acids is 1. The van der Waals surface area contributed by atoms with Crippen molar-refractivity contribution in [2.45, 2.75) is 32.2 Å². The van der Waals surface area contributed by atoms with E-state index in [-0.39, 0.29) is 5.56 Å². The van der Waals surface area contributed by atoms with Gasteiger partial charge >= 0.3 is 5.97 Å². The number of carboxylic acid groups (broad SMARTS) is 1. The SMILES string of the molecule is CCCC(C)(NC(=O)c1cccn(C)c1=O)C(=O)O. The maximum Gasteiger partial charge on any atom is 0.329 e. The van der Waals surface area contributed by atoms with E-state index in [1.165, 1.54) is 30.8 Å². The highest BCUT2D eigenvalue weighted by Crippen LogP contribution is 2.13. The van der Waals surface area contributed by atoms with Gasteiger partial charge in [0, 0.05) is 13.2 Å². The molecule has 104 valence electrons. The highest BCUT2D eigenvalue weighted by molar-refractivity contribution is 5.97. The Morgan fingerprint density at radius 1 is 1.47 bits per heavy atom. The van der Waals surface area contributed by atoms with Gasteiger partial charge in [-0.3, -0.25) is 9.59 Å². The molecule has 1 amide bonds. The summed E-state index contributed by atoms with van der Waals surface area (Å²) in [7, 11) is 1.53. The van der Waals surface area contributed by atoms with Crippen LogP contribution in [-0.2, 0) is 11.8 Å². The van der Waals surface area contributed by atoms with E-state index < -0.39 is 23.0 Å². The van der Waals surface area contributed by atoms with Crippen molar-refractivity contribution < 1.29 is 14.7 Å². The molecular weight excluding hydrogens is 248 g/mol. The Kier molecular flexibility index (Phi) is 4.47. The Labute approximate surface area is 111 Å². The van der Waals surface area contributed by atoms with Crippen LogP contribution in [-0.4, -0.2) is 27.1 Å². The zero-order valence-corrected chi connectivity index (χ0v) is 11.3. The maximum absolute atomic E-state index is 12.0. The minimum absolute atomic E-state index is 0.0615. The van der Waals surface area contributed by atoms with Crippen LogP contribution in [0.4, 0.5) is 0 Å². The van der Waals surface area contributed by atoms with Gasteiger partial charge < -0.3 is 15.0 Å². The van der Waals surface area contributed by atoms with Crippen molar-refractivity contribution in [3.8, 4) is 0 Å². The number of aromatic nitrogens is 1. The smallest absolute Gasteiger partial charge is 0.329 e. The van der Waals surface area contributed by atoms with E-state index in [2.05, 4.69) is 5.32 Å². The molecule has 0 saturated carbocycles. The number of amides is 1. The second kappa shape index (κ2) is 5.69. The molecule has 1 rings (SSSR count). The molecule has 19 heavy (non-hydrogen) atoms. The Morgan fingerprint density at radius 3 is 2.63 bits per heavy atom. The van der Waals surface area contributed by atoms with E-state index >= 15 is 0 Å². The number of nitrogens with one attached hydrogen (secondary N) is 1. The van der Waals surface area contributed by atoms with Gasteiger partial charge in [-0.1, -0.05) is 13.3 Å². The normalized spacial score (nSPS) is 13.6. The van der Waals surface area contributed by atoms with E-state index in [1.54, 1.807) is 6.07 Å². The van der Waals surface area contributed by atoms with Crippen molar-refractivity contribution in [2.24, 2.45) is 7.05 Å². The van der Waals surface area contributed by atoms with Gasteiger partial charge in [-0.05, 0) is 25.5 Å². The molecule has 2 N–H and O–H groups in total. The van der Waals surface area contributed by atoms with E-state index in [9.17, 15) is 19.5 Å². The molecule has 6 heteroatoms. The van der Waals surface area contributed by atoms with Gasteiger partial charge in [-0.25, -0.2) is 4.79 Å². The molecule has 1 unspecified atom stereocenters. The first kappa shape index (κ1) is 14.9. The summed E-state index contributed by atoms with van der Waals surface area (Å²) in [5, 5.41) is 11.6. The molecule has 1 aromatic rings. The van der Waals surface area contributed by atoms with Crippen LogP contribution >= 0.6 is 0 Å². The molecule has 0 aliphatic heterocycles. The lowest BCUT2D eigenvalue weighted by atomic mass is 9.96. The van der Waals surface area contributed by atoms with Gasteiger partial charge in [0.2, 0.25) is 0 Å². The van der Waals surface area contributed by atoms with Crippen LogP contribution in [0.15, 0.2) is 23.1 Å². The van der Waals surface area contributed by atoms with Gasteiger partial charge in [-0.2, -0.15) is 0 Å². The zero-order chi connectivity index (χ0) is 14.6. The Morgan fingerprint density at radius 2 is 2.11 bits per heavy atom. The number of rotatable bonds is 5. The number of hydrogen-bond acceptors (Lipinski definition) is 3. The van der Waals surface area contributed by atoms with Crippen LogP contribution in [0, 0.1) is 0 Å². The molecule has 0 radical (unpaired) electrons. The van der Waals surface area contributed by atoms with Crippen molar-refractivity contribution >= 4 is 11.9 Å². The molecule has 0 bridgehead atoms. The van der Waals surface area contributed by atoms with Crippen LogP contribution in [0.2, 0.25) is 0 Å². The predicted octanol–water partition coefficient (Wildman–Crippen LogP) is 0.758. The predicted molar refractivity (Wildman–Crippen MR) is 70.1 cm³/mol. The number of pyridine rings is 1. The average molecular weight is 266 g/mol. The third-order valence-electron chi connectivity index (χ3n) is 2.98. The van der Waals surface area contributed by atoms with Crippen molar-refractivity contribution in [1.29, 1.82) is 0 Å². The Bertz CT molecular complexity index is 550. The summed E-state index contributed by atoms with van der Waals surface area (Å²) in [6, 6.07) is 2.94. The number of hydrogen-bond donors (Lipinski definition) is 2. The lowest BCUT2D eigenvalue weighted by Crippen LogP contribution is -2.53. The molecule has 0 aromatic carbocycles. The first-order valence-electron chi connectivity index (χ1n) is 6.03. The van der Waals surface area contributed by atoms with Gasteiger partial charge in [0.15, 0.2) is 0 Å². The molecule has 0 aliphatic carbocycles.